The summed E-state index contributed by atoms with van der Waals surface area (Å²) in [7, 11) is 0. The van der Waals surface area contributed by atoms with Gasteiger partial charge in [0.25, 0.3) is 5.91 Å². The van der Waals surface area contributed by atoms with Crippen LogP contribution in [0.3, 0.4) is 0 Å². The summed E-state index contributed by atoms with van der Waals surface area (Å²) in [6.07, 6.45) is 1.68. The minimum absolute atomic E-state index is 0.0190. The summed E-state index contributed by atoms with van der Waals surface area (Å²) in [5.41, 5.74) is 2.00. The second kappa shape index (κ2) is 8.25. The lowest BCUT2D eigenvalue weighted by molar-refractivity contribution is 0.0303. The first-order valence-corrected chi connectivity index (χ1v) is 8.14. The minimum atomic E-state index is -0.321. The van der Waals surface area contributed by atoms with Crippen molar-refractivity contribution in [2.45, 2.75) is 6.54 Å². The summed E-state index contributed by atoms with van der Waals surface area (Å²) >= 11 is 0. The van der Waals surface area contributed by atoms with Gasteiger partial charge in [-0.05, 0) is 36.4 Å². The van der Waals surface area contributed by atoms with Gasteiger partial charge in [0.1, 0.15) is 0 Å². The molecule has 3 rings (SSSR count). The number of morpholine rings is 1. The van der Waals surface area contributed by atoms with Crippen molar-refractivity contribution in [3.63, 3.8) is 0 Å². The van der Waals surface area contributed by atoms with Crippen molar-refractivity contribution in [2.75, 3.05) is 31.6 Å². The van der Waals surface area contributed by atoms with E-state index in [0.29, 0.717) is 44.1 Å². The number of pyridine rings is 1. The van der Waals surface area contributed by atoms with Crippen molar-refractivity contribution in [1.82, 2.24) is 15.2 Å². The van der Waals surface area contributed by atoms with Gasteiger partial charge in [0.15, 0.2) is 0 Å². The molecule has 130 valence electrons. The Hall–Kier alpha value is -2.93. The molecule has 0 bridgehead atoms. The molecular weight excluding hydrogens is 320 g/mol. The number of carbonyl (C=O) groups excluding carboxylic acids is 2. The van der Waals surface area contributed by atoms with Crippen LogP contribution in [0.15, 0.2) is 48.7 Å². The van der Waals surface area contributed by atoms with Crippen LogP contribution in [0.1, 0.15) is 16.1 Å². The summed E-state index contributed by atoms with van der Waals surface area (Å²) in [5.74, 6) is -0.0190. The number of nitrogens with zero attached hydrogens (tertiary/aromatic N) is 2. The molecule has 0 aliphatic carbocycles. The Morgan fingerprint density at radius 1 is 1.08 bits per heavy atom. The topological polar surface area (TPSA) is 83.6 Å². The highest BCUT2D eigenvalue weighted by Crippen LogP contribution is 2.12. The Morgan fingerprint density at radius 2 is 1.84 bits per heavy atom. The quantitative estimate of drug-likeness (QED) is 0.890. The van der Waals surface area contributed by atoms with Crippen LogP contribution < -0.4 is 10.6 Å². The van der Waals surface area contributed by atoms with E-state index in [1.807, 2.05) is 18.2 Å². The van der Waals surface area contributed by atoms with Crippen molar-refractivity contribution in [2.24, 2.45) is 0 Å². The Balaban J connectivity index is 1.51. The molecule has 7 heteroatoms. The number of amides is 3. The standard InChI is InChI=1S/C18H20N4O3/c23-17(22-9-11-25-12-10-22)14-4-6-15(7-5-14)21-18(24)20-13-16-3-1-2-8-19-16/h1-8H,9-13H2,(H2,20,21,24). The van der Waals surface area contributed by atoms with Crippen LogP contribution in [0, 0.1) is 0 Å². The molecule has 0 spiro atoms. The Kier molecular flexibility index (Phi) is 5.58. The van der Waals surface area contributed by atoms with Gasteiger partial charge in [0, 0.05) is 30.5 Å². The van der Waals surface area contributed by atoms with Gasteiger partial charge >= 0.3 is 6.03 Å². The molecule has 2 aromatic rings. The number of ether oxygens (including phenoxy) is 1. The Labute approximate surface area is 146 Å². The summed E-state index contributed by atoms with van der Waals surface area (Å²) in [4.78, 5) is 30.2. The summed E-state index contributed by atoms with van der Waals surface area (Å²) in [5, 5.41) is 5.47. The van der Waals surface area contributed by atoms with E-state index in [0.717, 1.165) is 5.69 Å². The smallest absolute Gasteiger partial charge is 0.319 e. The van der Waals surface area contributed by atoms with Crippen molar-refractivity contribution < 1.29 is 14.3 Å². The molecule has 0 radical (unpaired) electrons. The van der Waals surface area contributed by atoms with Gasteiger partial charge in [-0.3, -0.25) is 9.78 Å². The number of hydrogen-bond acceptors (Lipinski definition) is 4. The molecular formula is C18H20N4O3. The molecule has 1 aromatic carbocycles. The largest absolute Gasteiger partial charge is 0.378 e. The molecule has 2 heterocycles. The van der Waals surface area contributed by atoms with Gasteiger partial charge in [-0.2, -0.15) is 0 Å². The van der Waals surface area contributed by atoms with Crippen LogP contribution in [0.5, 0.6) is 0 Å². The maximum atomic E-state index is 12.4. The molecule has 1 aromatic heterocycles. The number of anilines is 1. The van der Waals surface area contributed by atoms with Crippen LogP contribution in [-0.4, -0.2) is 48.1 Å². The molecule has 3 amide bonds. The van der Waals surface area contributed by atoms with E-state index in [2.05, 4.69) is 15.6 Å². The van der Waals surface area contributed by atoms with E-state index in [1.54, 1.807) is 35.4 Å². The van der Waals surface area contributed by atoms with Crippen molar-refractivity contribution in [3.8, 4) is 0 Å². The van der Waals surface area contributed by atoms with Crippen LogP contribution in [0.4, 0.5) is 10.5 Å². The molecule has 1 saturated heterocycles. The van der Waals surface area contributed by atoms with E-state index in [9.17, 15) is 9.59 Å². The minimum Gasteiger partial charge on any atom is -0.378 e. The number of carbonyl (C=O) groups is 2. The van der Waals surface area contributed by atoms with Crippen LogP contribution in [-0.2, 0) is 11.3 Å². The number of hydrogen-bond donors (Lipinski definition) is 2. The van der Waals surface area contributed by atoms with E-state index in [-0.39, 0.29) is 11.9 Å². The van der Waals surface area contributed by atoms with E-state index in [1.165, 1.54) is 0 Å². The zero-order valence-corrected chi connectivity index (χ0v) is 13.8. The number of aromatic nitrogens is 1. The fraction of sp³-hybridized carbons (Fsp3) is 0.278. The van der Waals surface area contributed by atoms with Gasteiger partial charge in [0.2, 0.25) is 0 Å². The van der Waals surface area contributed by atoms with Crippen molar-refractivity contribution in [1.29, 1.82) is 0 Å². The highest BCUT2D eigenvalue weighted by Gasteiger charge is 2.18. The highest BCUT2D eigenvalue weighted by molar-refractivity contribution is 5.95. The highest BCUT2D eigenvalue weighted by atomic mass is 16.5. The fourth-order valence-corrected chi connectivity index (χ4v) is 2.49. The third-order valence-corrected chi connectivity index (χ3v) is 3.84. The summed E-state index contributed by atoms with van der Waals surface area (Å²) < 4.78 is 5.25. The molecule has 7 nitrogen and oxygen atoms in total. The van der Waals surface area contributed by atoms with E-state index >= 15 is 0 Å². The lowest BCUT2D eigenvalue weighted by Crippen LogP contribution is -2.40. The second-order valence-corrected chi connectivity index (χ2v) is 5.61. The molecule has 2 N–H and O–H groups in total. The predicted octanol–water partition coefficient (Wildman–Crippen LogP) is 1.88. The monoisotopic (exact) mass is 340 g/mol. The molecule has 0 atom stereocenters. The van der Waals surface area contributed by atoms with Gasteiger partial charge in [-0.1, -0.05) is 6.07 Å². The first-order valence-electron chi connectivity index (χ1n) is 8.14. The van der Waals surface area contributed by atoms with Crippen molar-refractivity contribution in [3.05, 3.63) is 59.9 Å². The zero-order chi connectivity index (χ0) is 17.5. The van der Waals surface area contributed by atoms with Gasteiger partial charge < -0.3 is 20.3 Å². The molecule has 25 heavy (non-hydrogen) atoms. The average molecular weight is 340 g/mol. The second-order valence-electron chi connectivity index (χ2n) is 5.61. The molecule has 1 aliphatic rings. The summed E-state index contributed by atoms with van der Waals surface area (Å²) in [6, 6.07) is 12.1. The molecule has 0 unspecified atom stereocenters. The maximum Gasteiger partial charge on any atom is 0.319 e. The normalized spacial score (nSPS) is 14.0. The van der Waals surface area contributed by atoms with Crippen LogP contribution >= 0.6 is 0 Å². The van der Waals surface area contributed by atoms with E-state index in [4.69, 9.17) is 4.74 Å². The summed E-state index contributed by atoms with van der Waals surface area (Å²) in [6.45, 7) is 2.70. The first kappa shape index (κ1) is 16.9. The lowest BCUT2D eigenvalue weighted by Gasteiger charge is -2.26. The van der Waals surface area contributed by atoms with E-state index < -0.39 is 0 Å². The third-order valence-electron chi connectivity index (χ3n) is 3.84. The Morgan fingerprint density at radius 3 is 2.52 bits per heavy atom. The van der Waals surface area contributed by atoms with Gasteiger partial charge in [-0.25, -0.2) is 4.79 Å². The fourth-order valence-electron chi connectivity index (χ4n) is 2.49. The SMILES string of the molecule is O=C(NCc1ccccn1)Nc1ccc(C(=O)N2CCOCC2)cc1. The molecule has 1 fully saturated rings. The number of urea groups is 1. The number of benzene rings is 1. The average Bonchev–Trinajstić information content (AvgIpc) is 2.68. The first-order chi connectivity index (χ1) is 12.2. The van der Waals surface area contributed by atoms with Gasteiger partial charge in [-0.15, -0.1) is 0 Å². The molecule has 0 saturated carbocycles. The third kappa shape index (κ3) is 4.77. The van der Waals surface area contributed by atoms with Crippen molar-refractivity contribution >= 4 is 17.6 Å². The maximum absolute atomic E-state index is 12.4. The van der Waals surface area contributed by atoms with Gasteiger partial charge in [0.05, 0.1) is 25.5 Å². The number of nitrogens with one attached hydrogen (secondary N) is 2. The number of rotatable bonds is 4. The zero-order valence-electron chi connectivity index (χ0n) is 13.8. The molecule has 1 aliphatic heterocycles. The lowest BCUT2D eigenvalue weighted by atomic mass is 10.1. The van der Waals surface area contributed by atoms with Crippen LogP contribution in [0.2, 0.25) is 0 Å². The Bertz CT molecular complexity index is 713. The predicted molar refractivity (Wildman–Crippen MR) is 93.3 cm³/mol. The van der Waals surface area contributed by atoms with Crippen LogP contribution in [0.25, 0.3) is 0 Å².